The average Bonchev–Trinajstić information content (AvgIpc) is 2.87. The van der Waals surface area contributed by atoms with Gasteiger partial charge in [-0.25, -0.2) is 9.18 Å². The lowest BCUT2D eigenvalue weighted by molar-refractivity contribution is -0.133. The van der Waals surface area contributed by atoms with E-state index in [1.54, 1.807) is 24.3 Å². The number of allylic oxidation sites excluding steroid dienone is 1. The molecule has 0 saturated heterocycles. The van der Waals surface area contributed by atoms with Crippen LogP contribution in [0.4, 0.5) is 4.39 Å². The number of cyclic esters (lactones) is 1. The first-order valence-corrected chi connectivity index (χ1v) is 7.71. The van der Waals surface area contributed by atoms with Crippen LogP contribution in [0, 0.1) is 12.7 Å². The molecule has 1 heterocycles. The fourth-order valence-electron chi connectivity index (χ4n) is 2.58. The van der Waals surface area contributed by atoms with Gasteiger partial charge < -0.3 is 10.1 Å². The van der Waals surface area contributed by atoms with Crippen LogP contribution in [0.25, 0.3) is 5.57 Å². The highest BCUT2D eigenvalue weighted by atomic mass is 19.1. The Morgan fingerprint density at radius 1 is 1.12 bits per heavy atom. The fourth-order valence-corrected chi connectivity index (χ4v) is 2.58. The molecule has 25 heavy (non-hydrogen) atoms. The monoisotopic (exact) mass is 337 g/mol. The van der Waals surface area contributed by atoms with Crippen LogP contribution in [0.2, 0.25) is 0 Å². The number of carbonyl (C=O) groups excluding carboxylic acids is 2. The Morgan fingerprint density at radius 2 is 1.76 bits per heavy atom. The Morgan fingerprint density at radius 3 is 2.40 bits per heavy atom. The normalized spacial score (nSPS) is 13.8. The first-order chi connectivity index (χ1) is 12.0. The van der Waals surface area contributed by atoms with Crippen molar-refractivity contribution in [2.75, 3.05) is 6.54 Å². The molecule has 0 bridgehead atoms. The number of hydrogen-bond acceptors (Lipinski definition) is 3. The fraction of sp³-hybridized carbons (Fsp3) is 0.100. The van der Waals surface area contributed by atoms with Crippen molar-refractivity contribution in [1.82, 2.24) is 5.32 Å². The summed E-state index contributed by atoms with van der Waals surface area (Å²) < 4.78 is 18.2. The van der Waals surface area contributed by atoms with Crippen LogP contribution in [0.1, 0.15) is 21.5 Å². The molecule has 0 atom stereocenters. The second kappa shape index (κ2) is 6.73. The third-order valence-electron chi connectivity index (χ3n) is 3.92. The second-order valence-corrected chi connectivity index (χ2v) is 5.72. The van der Waals surface area contributed by atoms with Gasteiger partial charge in [-0.05, 0) is 36.8 Å². The minimum Gasteiger partial charge on any atom is -0.423 e. The molecule has 3 rings (SSSR count). The minimum atomic E-state index is -0.562. The maximum Gasteiger partial charge on any atom is 0.341 e. The number of carbonyl (C=O) groups is 2. The molecule has 0 aliphatic carbocycles. The highest BCUT2D eigenvalue weighted by molar-refractivity contribution is 6.07. The standard InChI is InChI=1S/C20H16FNO3/c1-12-3-5-15(6-4-12)19(23)22-11-17-18(13(2)25-20(17)24)14-7-9-16(21)10-8-14/h3-10H,2,11H2,1H3,(H,22,23). The van der Waals surface area contributed by atoms with Crippen LogP contribution in [-0.2, 0) is 9.53 Å². The van der Waals surface area contributed by atoms with E-state index in [2.05, 4.69) is 11.9 Å². The van der Waals surface area contributed by atoms with Crippen LogP contribution in [-0.4, -0.2) is 18.4 Å². The topological polar surface area (TPSA) is 55.4 Å². The van der Waals surface area contributed by atoms with Crippen molar-refractivity contribution >= 4 is 17.4 Å². The minimum absolute atomic E-state index is 0.00271. The Balaban J connectivity index is 1.83. The molecule has 0 unspecified atom stereocenters. The molecule has 0 fully saturated rings. The quantitative estimate of drug-likeness (QED) is 0.870. The van der Waals surface area contributed by atoms with Crippen molar-refractivity contribution in [2.24, 2.45) is 0 Å². The van der Waals surface area contributed by atoms with E-state index in [0.717, 1.165) is 5.56 Å². The largest absolute Gasteiger partial charge is 0.423 e. The lowest BCUT2D eigenvalue weighted by Crippen LogP contribution is -2.27. The van der Waals surface area contributed by atoms with Crippen molar-refractivity contribution in [3.8, 4) is 0 Å². The maximum absolute atomic E-state index is 13.1. The lowest BCUT2D eigenvalue weighted by atomic mass is 10.00. The summed E-state index contributed by atoms with van der Waals surface area (Å²) in [7, 11) is 0. The smallest absolute Gasteiger partial charge is 0.341 e. The van der Waals surface area contributed by atoms with Gasteiger partial charge in [0.05, 0.1) is 12.1 Å². The number of rotatable bonds is 4. The number of esters is 1. The molecular formula is C20H16FNO3. The molecule has 4 nitrogen and oxygen atoms in total. The average molecular weight is 337 g/mol. The molecule has 1 aliphatic rings. The lowest BCUT2D eigenvalue weighted by Gasteiger charge is -2.07. The zero-order chi connectivity index (χ0) is 18.0. The van der Waals surface area contributed by atoms with E-state index in [4.69, 9.17) is 4.74 Å². The molecule has 1 aliphatic heterocycles. The molecule has 1 amide bonds. The maximum atomic E-state index is 13.1. The van der Waals surface area contributed by atoms with Crippen molar-refractivity contribution in [3.05, 3.63) is 88.9 Å². The summed E-state index contributed by atoms with van der Waals surface area (Å²) >= 11 is 0. The third-order valence-corrected chi connectivity index (χ3v) is 3.92. The molecule has 5 heteroatoms. The number of benzene rings is 2. The van der Waals surface area contributed by atoms with Crippen LogP contribution in [0.15, 0.2) is 66.4 Å². The van der Waals surface area contributed by atoms with Gasteiger partial charge in [-0.2, -0.15) is 0 Å². The first-order valence-electron chi connectivity index (χ1n) is 7.71. The highest BCUT2D eigenvalue weighted by Crippen LogP contribution is 2.33. The van der Waals surface area contributed by atoms with Gasteiger partial charge in [0.15, 0.2) is 0 Å². The van der Waals surface area contributed by atoms with Crippen molar-refractivity contribution < 1.29 is 18.7 Å². The number of nitrogens with one attached hydrogen (secondary N) is 1. The van der Waals surface area contributed by atoms with Gasteiger partial charge in [-0.1, -0.05) is 36.4 Å². The van der Waals surface area contributed by atoms with E-state index in [1.165, 1.54) is 12.1 Å². The zero-order valence-electron chi connectivity index (χ0n) is 13.6. The van der Waals surface area contributed by atoms with Gasteiger partial charge in [0, 0.05) is 11.1 Å². The van der Waals surface area contributed by atoms with Gasteiger partial charge in [0.25, 0.3) is 5.91 Å². The van der Waals surface area contributed by atoms with E-state index in [1.807, 2.05) is 19.1 Å². The van der Waals surface area contributed by atoms with E-state index in [-0.39, 0.29) is 29.6 Å². The van der Waals surface area contributed by atoms with Gasteiger partial charge >= 0.3 is 5.97 Å². The first kappa shape index (κ1) is 16.6. The summed E-state index contributed by atoms with van der Waals surface area (Å²) in [6.07, 6.45) is 0. The molecule has 0 aromatic heterocycles. The molecule has 2 aromatic carbocycles. The van der Waals surface area contributed by atoms with Crippen LogP contribution in [0.3, 0.4) is 0 Å². The van der Waals surface area contributed by atoms with Gasteiger partial charge in [0.2, 0.25) is 0 Å². The second-order valence-electron chi connectivity index (χ2n) is 5.72. The summed E-state index contributed by atoms with van der Waals surface area (Å²) in [6.45, 7) is 5.65. The zero-order valence-corrected chi connectivity index (χ0v) is 13.6. The molecule has 0 radical (unpaired) electrons. The van der Waals surface area contributed by atoms with Crippen molar-refractivity contribution in [2.45, 2.75) is 6.92 Å². The molecule has 1 N–H and O–H groups in total. The summed E-state index contributed by atoms with van der Waals surface area (Å²) in [5.74, 6) is -1.05. The van der Waals surface area contributed by atoms with Crippen LogP contribution >= 0.6 is 0 Å². The third kappa shape index (κ3) is 3.50. The number of aryl methyl sites for hydroxylation is 1. The van der Waals surface area contributed by atoms with Crippen LogP contribution in [0.5, 0.6) is 0 Å². The van der Waals surface area contributed by atoms with Gasteiger partial charge in [-0.3, -0.25) is 4.79 Å². The number of amides is 1. The van der Waals surface area contributed by atoms with E-state index < -0.39 is 5.97 Å². The molecule has 0 saturated carbocycles. The Kier molecular flexibility index (Phi) is 4.48. The van der Waals surface area contributed by atoms with Crippen molar-refractivity contribution in [1.29, 1.82) is 0 Å². The summed E-state index contributed by atoms with van der Waals surface area (Å²) in [5.41, 5.74) is 2.93. The Hall–Kier alpha value is -3.21. The summed E-state index contributed by atoms with van der Waals surface area (Å²) in [4.78, 5) is 24.3. The van der Waals surface area contributed by atoms with E-state index in [9.17, 15) is 14.0 Å². The molecule has 0 spiro atoms. The predicted molar refractivity (Wildman–Crippen MR) is 92.1 cm³/mol. The number of ether oxygens (including phenoxy) is 1. The number of halogens is 1. The van der Waals surface area contributed by atoms with Crippen molar-refractivity contribution in [3.63, 3.8) is 0 Å². The SMILES string of the molecule is C=C1OC(=O)C(CNC(=O)c2ccc(C)cc2)=C1c1ccc(F)cc1. The van der Waals surface area contributed by atoms with Gasteiger partial charge in [-0.15, -0.1) is 0 Å². The molecule has 126 valence electrons. The van der Waals surface area contributed by atoms with Gasteiger partial charge in [0.1, 0.15) is 11.6 Å². The van der Waals surface area contributed by atoms with Crippen LogP contribution < -0.4 is 5.32 Å². The Labute approximate surface area is 144 Å². The predicted octanol–water partition coefficient (Wildman–Crippen LogP) is 3.39. The van der Waals surface area contributed by atoms with E-state index in [0.29, 0.717) is 16.7 Å². The summed E-state index contributed by atoms with van der Waals surface area (Å²) in [6, 6.07) is 12.8. The van der Waals surface area contributed by atoms with E-state index >= 15 is 0 Å². The Bertz CT molecular complexity index is 880. The molecular weight excluding hydrogens is 321 g/mol. The highest BCUT2D eigenvalue weighted by Gasteiger charge is 2.29. The number of hydrogen-bond donors (Lipinski definition) is 1. The molecule has 2 aromatic rings. The summed E-state index contributed by atoms with van der Waals surface area (Å²) in [5, 5.41) is 2.71.